The molecule has 1 fully saturated rings. The molecule has 0 amide bonds. The van der Waals surface area contributed by atoms with E-state index in [1.165, 1.54) is 24.3 Å². The number of nitrogens with zero attached hydrogens (tertiary/aromatic N) is 1. The van der Waals surface area contributed by atoms with Gasteiger partial charge in [0.25, 0.3) is 10.0 Å². The van der Waals surface area contributed by atoms with Crippen LogP contribution >= 0.6 is 11.3 Å². The highest BCUT2D eigenvalue weighted by molar-refractivity contribution is 7.91. The zero-order valence-corrected chi connectivity index (χ0v) is 13.9. The molecule has 132 valence electrons. The topological polar surface area (TPSA) is 63.4 Å². The fraction of sp³-hybridized carbons (Fsp3) is 0.429. The van der Waals surface area contributed by atoms with Crippen molar-refractivity contribution in [1.29, 1.82) is 0 Å². The van der Waals surface area contributed by atoms with E-state index < -0.39 is 40.4 Å². The van der Waals surface area contributed by atoms with Crippen LogP contribution < -0.4 is 5.73 Å². The maximum atomic E-state index is 13.2. The summed E-state index contributed by atoms with van der Waals surface area (Å²) in [5.74, 6) is -3.25. The summed E-state index contributed by atoms with van der Waals surface area (Å²) in [4.78, 5) is 0. The Hall–Kier alpha value is -1.23. The molecule has 2 N–H and O–H groups in total. The van der Waals surface area contributed by atoms with Crippen LogP contribution in [0.2, 0.25) is 0 Å². The van der Waals surface area contributed by atoms with E-state index in [9.17, 15) is 26.0 Å². The van der Waals surface area contributed by atoms with Gasteiger partial charge in [-0.3, -0.25) is 0 Å². The van der Waals surface area contributed by atoms with E-state index >= 15 is 0 Å². The molecule has 0 bridgehead atoms. The zero-order valence-electron chi connectivity index (χ0n) is 12.3. The Morgan fingerprint density at radius 1 is 1.25 bits per heavy atom. The van der Waals surface area contributed by atoms with Crippen molar-refractivity contribution in [3.8, 4) is 0 Å². The third kappa shape index (κ3) is 3.03. The number of hydrogen-bond donors (Lipinski definition) is 1. The number of thiophene rings is 1. The smallest absolute Gasteiger partial charge is 0.330 e. The van der Waals surface area contributed by atoms with Gasteiger partial charge in [-0.05, 0) is 42.1 Å². The quantitative estimate of drug-likeness (QED) is 0.831. The number of halogens is 4. The molecule has 1 aromatic heterocycles. The normalized spacial score (nSPS) is 23.2. The van der Waals surface area contributed by atoms with Crippen molar-refractivity contribution in [3.63, 3.8) is 0 Å². The Morgan fingerprint density at radius 3 is 2.54 bits per heavy atom. The molecule has 2 atom stereocenters. The minimum absolute atomic E-state index is 0.0957. The van der Waals surface area contributed by atoms with Gasteiger partial charge >= 0.3 is 6.18 Å². The lowest BCUT2D eigenvalue weighted by molar-refractivity contribution is -0.178. The number of rotatable bonds is 3. The molecule has 1 aromatic carbocycles. The first kappa shape index (κ1) is 17.6. The third-order valence-electron chi connectivity index (χ3n) is 4.18. The van der Waals surface area contributed by atoms with Crippen molar-refractivity contribution in [2.24, 2.45) is 17.6 Å². The molecule has 1 saturated heterocycles. The summed E-state index contributed by atoms with van der Waals surface area (Å²) < 4.78 is 79.0. The summed E-state index contributed by atoms with van der Waals surface area (Å²) in [6.07, 6.45) is -4.50. The Balaban J connectivity index is 1.95. The standard InChI is InChI=1S/C14H14F4N2O2S2/c15-10-1-2-12-8(3-10)4-13(23-12)24(21,22)20-6-9(5-19)11(7-20)14(16,17)18/h1-4,9,11H,5-7,19H2. The monoisotopic (exact) mass is 382 g/mol. The van der Waals surface area contributed by atoms with E-state index in [0.717, 1.165) is 15.6 Å². The molecule has 1 aliphatic rings. The van der Waals surface area contributed by atoms with E-state index in [-0.39, 0.29) is 17.3 Å². The average Bonchev–Trinajstić information content (AvgIpc) is 3.10. The summed E-state index contributed by atoms with van der Waals surface area (Å²) in [5, 5.41) is 0.403. The van der Waals surface area contributed by atoms with Crippen molar-refractivity contribution < 1.29 is 26.0 Å². The van der Waals surface area contributed by atoms with Crippen molar-refractivity contribution in [2.75, 3.05) is 19.6 Å². The number of fused-ring (bicyclic) bond motifs is 1. The number of hydrogen-bond acceptors (Lipinski definition) is 4. The van der Waals surface area contributed by atoms with Gasteiger partial charge in [-0.15, -0.1) is 11.3 Å². The minimum atomic E-state index is -4.50. The van der Waals surface area contributed by atoms with Gasteiger partial charge in [-0.25, -0.2) is 12.8 Å². The molecule has 24 heavy (non-hydrogen) atoms. The number of alkyl halides is 3. The van der Waals surface area contributed by atoms with Gasteiger partial charge in [0.05, 0.1) is 5.92 Å². The molecule has 0 spiro atoms. The molecule has 0 saturated carbocycles. The molecule has 3 rings (SSSR count). The number of nitrogens with two attached hydrogens (primary N) is 1. The van der Waals surface area contributed by atoms with Crippen LogP contribution in [0.5, 0.6) is 0 Å². The molecule has 2 unspecified atom stereocenters. The fourth-order valence-electron chi connectivity index (χ4n) is 2.88. The Morgan fingerprint density at radius 2 is 1.96 bits per heavy atom. The van der Waals surface area contributed by atoms with Gasteiger partial charge in [0.2, 0.25) is 0 Å². The van der Waals surface area contributed by atoms with Gasteiger partial charge in [0, 0.05) is 17.8 Å². The zero-order chi connectivity index (χ0) is 17.7. The minimum Gasteiger partial charge on any atom is -0.330 e. The number of sulfonamides is 1. The van der Waals surface area contributed by atoms with E-state index in [2.05, 4.69) is 0 Å². The van der Waals surface area contributed by atoms with Crippen molar-refractivity contribution in [2.45, 2.75) is 10.4 Å². The molecule has 2 heterocycles. The SMILES string of the molecule is NCC1CN(S(=O)(=O)c2cc3cc(F)ccc3s2)CC1C(F)(F)F. The Bertz CT molecular complexity index is 863. The molecule has 2 aromatic rings. The lowest BCUT2D eigenvalue weighted by Crippen LogP contribution is -2.33. The van der Waals surface area contributed by atoms with Gasteiger partial charge in [-0.2, -0.15) is 17.5 Å². The first-order chi connectivity index (χ1) is 11.1. The maximum Gasteiger partial charge on any atom is 0.393 e. The lowest BCUT2D eigenvalue weighted by Gasteiger charge is -2.19. The van der Waals surface area contributed by atoms with Crippen molar-refractivity contribution >= 4 is 31.4 Å². The summed E-state index contributed by atoms with van der Waals surface area (Å²) in [6.45, 7) is -1.16. The molecule has 4 nitrogen and oxygen atoms in total. The van der Waals surface area contributed by atoms with Crippen LogP contribution in [0.15, 0.2) is 28.5 Å². The highest BCUT2D eigenvalue weighted by Gasteiger charge is 2.51. The molecular weight excluding hydrogens is 368 g/mol. The van der Waals surface area contributed by atoms with Crippen molar-refractivity contribution in [3.05, 3.63) is 30.1 Å². The summed E-state index contributed by atoms with van der Waals surface area (Å²) in [7, 11) is -4.08. The van der Waals surface area contributed by atoms with E-state index in [1.807, 2.05) is 0 Å². The van der Waals surface area contributed by atoms with Crippen LogP contribution in [-0.4, -0.2) is 38.5 Å². The van der Waals surface area contributed by atoms with E-state index in [4.69, 9.17) is 5.73 Å². The van der Waals surface area contributed by atoms with Crippen LogP contribution in [-0.2, 0) is 10.0 Å². The summed E-state index contributed by atoms with van der Waals surface area (Å²) in [6, 6.07) is 5.13. The Labute approximate surface area is 139 Å². The average molecular weight is 382 g/mol. The van der Waals surface area contributed by atoms with E-state index in [1.54, 1.807) is 0 Å². The van der Waals surface area contributed by atoms with Crippen LogP contribution in [0.3, 0.4) is 0 Å². The molecule has 0 radical (unpaired) electrons. The summed E-state index contributed by atoms with van der Waals surface area (Å²) in [5.41, 5.74) is 5.38. The highest BCUT2D eigenvalue weighted by atomic mass is 32.2. The van der Waals surface area contributed by atoms with Crippen molar-refractivity contribution in [1.82, 2.24) is 4.31 Å². The highest BCUT2D eigenvalue weighted by Crippen LogP contribution is 2.40. The van der Waals surface area contributed by atoms with Gasteiger partial charge < -0.3 is 5.73 Å². The van der Waals surface area contributed by atoms with Crippen LogP contribution in [0, 0.1) is 17.7 Å². The van der Waals surface area contributed by atoms with Gasteiger partial charge in [0.15, 0.2) is 0 Å². The maximum absolute atomic E-state index is 13.2. The van der Waals surface area contributed by atoms with Crippen LogP contribution in [0.4, 0.5) is 17.6 Å². The second kappa shape index (κ2) is 5.94. The third-order valence-corrected chi connectivity index (χ3v) is 7.58. The first-order valence-corrected chi connectivity index (χ1v) is 9.34. The molecule has 10 heteroatoms. The molecule has 0 aliphatic carbocycles. The Kier molecular flexibility index (Phi) is 4.35. The summed E-state index contributed by atoms with van der Waals surface area (Å²) >= 11 is 0.909. The van der Waals surface area contributed by atoms with Gasteiger partial charge in [0.1, 0.15) is 10.0 Å². The number of benzene rings is 1. The van der Waals surface area contributed by atoms with Crippen LogP contribution in [0.25, 0.3) is 10.1 Å². The first-order valence-electron chi connectivity index (χ1n) is 7.09. The van der Waals surface area contributed by atoms with Crippen LogP contribution in [0.1, 0.15) is 0 Å². The second-order valence-electron chi connectivity index (χ2n) is 5.71. The van der Waals surface area contributed by atoms with E-state index in [0.29, 0.717) is 10.1 Å². The fourth-order valence-corrected chi connectivity index (χ4v) is 5.94. The largest absolute Gasteiger partial charge is 0.393 e. The lowest BCUT2D eigenvalue weighted by atomic mass is 9.96. The molecular formula is C14H14F4N2O2S2. The van der Waals surface area contributed by atoms with Gasteiger partial charge in [-0.1, -0.05) is 0 Å². The molecule has 1 aliphatic heterocycles. The predicted molar refractivity (Wildman–Crippen MR) is 82.6 cm³/mol. The second-order valence-corrected chi connectivity index (χ2v) is 8.96. The predicted octanol–water partition coefficient (Wildman–Crippen LogP) is 2.80.